The minimum absolute atomic E-state index is 0.0300. The first-order valence-electron chi connectivity index (χ1n) is 22.5. The van der Waals surface area contributed by atoms with Crippen LogP contribution in [0.25, 0.3) is 0 Å². The first-order valence-corrected chi connectivity index (χ1v) is 22.5. The van der Waals surface area contributed by atoms with Crippen LogP contribution in [0.5, 0.6) is 11.5 Å². The van der Waals surface area contributed by atoms with Crippen LogP contribution in [0.2, 0.25) is 0 Å². The van der Waals surface area contributed by atoms with Crippen LogP contribution >= 0.6 is 0 Å². The van der Waals surface area contributed by atoms with E-state index in [-0.39, 0.29) is 58.7 Å². The van der Waals surface area contributed by atoms with Crippen molar-refractivity contribution in [3.63, 3.8) is 0 Å². The Bertz CT molecular complexity index is 2380. The molecule has 16 heteroatoms. The highest BCUT2D eigenvalue weighted by Gasteiger charge is 2.46. The zero-order chi connectivity index (χ0) is 44.5. The Morgan fingerprint density at radius 2 is 1.55 bits per heavy atom. The number of ether oxygens (including phenoxy) is 1. The summed E-state index contributed by atoms with van der Waals surface area (Å²) in [5, 5.41) is 21.5. The van der Waals surface area contributed by atoms with Crippen molar-refractivity contribution in [2.24, 2.45) is 17.1 Å². The van der Waals surface area contributed by atoms with E-state index in [1.54, 1.807) is 36.4 Å². The summed E-state index contributed by atoms with van der Waals surface area (Å²) in [6.45, 7) is 4.73. The molecule has 1 saturated carbocycles. The van der Waals surface area contributed by atoms with Crippen molar-refractivity contribution in [1.29, 1.82) is 5.41 Å². The molecule has 6 amide bonds. The number of hydrogen-bond acceptors (Lipinski definition) is 12. The van der Waals surface area contributed by atoms with Gasteiger partial charge in [-0.2, -0.15) is 0 Å². The average molecular weight is 870 g/mol. The smallest absolute Gasteiger partial charge is 0.262 e. The quantitative estimate of drug-likeness (QED) is 0.0872. The van der Waals surface area contributed by atoms with Gasteiger partial charge in [-0.1, -0.05) is 18.2 Å². The molecule has 5 heterocycles. The van der Waals surface area contributed by atoms with Crippen molar-refractivity contribution in [1.82, 2.24) is 30.7 Å². The topological polar surface area (TPSA) is 219 Å². The van der Waals surface area contributed by atoms with Crippen LogP contribution in [0.3, 0.4) is 0 Å². The van der Waals surface area contributed by atoms with Crippen molar-refractivity contribution in [3.8, 4) is 11.5 Å². The molecule has 1 aliphatic carbocycles. The maximum Gasteiger partial charge on any atom is 0.262 e. The van der Waals surface area contributed by atoms with Gasteiger partial charge in [-0.15, -0.1) is 0 Å². The van der Waals surface area contributed by atoms with E-state index < -0.39 is 35.6 Å². The summed E-state index contributed by atoms with van der Waals surface area (Å²) in [7, 11) is 0. The Balaban J connectivity index is 0.699. The predicted octanol–water partition coefficient (Wildman–Crippen LogP) is 3.88. The first-order chi connectivity index (χ1) is 30.9. The third-order valence-electron chi connectivity index (χ3n) is 14.0. The minimum Gasteiger partial charge on any atom is -0.457 e. The Morgan fingerprint density at radius 1 is 0.844 bits per heavy atom. The van der Waals surface area contributed by atoms with Gasteiger partial charge in [-0.3, -0.25) is 44.4 Å². The fraction of sp³-hybridized carbons (Fsp3) is 0.438. The monoisotopic (exact) mass is 869 g/mol. The van der Waals surface area contributed by atoms with Crippen molar-refractivity contribution < 1.29 is 33.5 Å². The highest BCUT2D eigenvalue weighted by Crippen LogP contribution is 2.44. The van der Waals surface area contributed by atoms with E-state index in [0.717, 1.165) is 75.2 Å². The number of para-hydroxylation sites is 1. The number of nitrogens with two attached hydrogens (primary N) is 1. The van der Waals surface area contributed by atoms with Gasteiger partial charge in [0.1, 0.15) is 28.9 Å². The number of piperidine rings is 2. The molecule has 3 aromatic rings. The summed E-state index contributed by atoms with van der Waals surface area (Å²) < 4.78 is 5.89. The van der Waals surface area contributed by atoms with E-state index in [9.17, 15) is 28.8 Å². The number of likely N-dealkylation sites (tertiary alicyclic amines) is 2. The number of nitrogens with one attached hydrogen (secondary N) is 5. The molecule has 16 nitrogen and oxygen atoms in total. The lowest BCUT2D eigenvalue weighted by Gasteiger charge is -2.54. The Morgan fingerprint density at radius 3 is 2.25 bits per heavy atom. The Kier molecular flexibility index (Phi) is 12.0. The third kappa shape index (κ3) is 8.83. The van der Waals surface area contributed by atoms with Gasteiger partial charge in [0.2, 0.25) is 17.7 Å². The Labute approximate surface area is 371 Å². The van der Waals surface area contributed by atoms with Gasteiger partial charge in [0.25, 0.3) is 17.7 Å². The zero-order valence-electron chi connectivity index (χ0n) is 35.8. The average Bonchev–Trinajstić information content (AvgIpc) is 3.53. The largest absolute Gasteiger partial charge is 0.457 e. The van der Waals surface area contributed by atoms with Crippen LogP contribution in [0, 0.1) is 16.7 Å². The molecule has 5 aliphatic heterocycles. The molecule has 64 heavy (non-hydrogen) atoms. The van der Waals surface area contributed by atoms with E-state index in [4.69, 9.17) is 15.9 Å². The number of nitrogens with zero attached hydrogens (tertiary/aromatic N) is 3. The van der Waals surface area contributed by atoms with Gasteiger partial charge in [0, 0.05) is 75.4 Å². The highest BCUT2D eigenvalue weighted by atomic mass is 16.5. The van der Waals surface area contributed by atoms with Crippen molar-refractivity contribution >= 4 is 46.8 Å². The second-order valence-corrected chi connectivity index (χ2v) is 18.2. The summed E-state index contributed by atoms with van der Waals surface area (Å²) in [6.07, 6.45) is 7.33. The summed E-state index contributed by atoms with van der Waals surface area (Å²) >= 11 is 0. The second-order valence-electron chi connectivity index (χ2n) is 18.2. The number of imide groups is 2. The van der Waals surface area contributed by atoms with E-state index >= 15 is 0 Å². The minimum atomic E-state index is -0.988. The molecule has 3 aromatic carbocycles. The van der Waals surface area contributed by atoms with E-state index in [1.807, 2.05) is 41.3 Å². The normalized spacial score (nSPS) is 23.4. The van der Waals surface area contributed by atoms with Gasteiger partial charge in [-0.25, -0.2) is 0 Å². The molecule has 1 spiro atoms. The van der Waals surface area contributed by atoms with Crippen LogP contribution in [-0.4, -0.2) is 113 Å². The molecule has 2 atom stereocenters. The molecule has 4 saturated heterocycles. The molecule has 7 N–H and O–H groups in total. The van der Waals surface area contributed by atoms with Gasteiger partial charge in [0.05, 0.1) is 16.8 Å². The summed E-state index contributed by atoms with van der Waals surface area (Å²) in [5.41, 5.74) is 8.12. The van der Waals surface area contributed by atoms with Crippen LogP contribution in [0.4, 0.5) is 5.69 Å². The molecule has 0 aromatic heterocycles. The molecule has 6 aliphatic rings. The highest BCUT2D eigenvalue weighted by molar-refractivity contribution is 6.27. The molecule has 334 valence electrons. The number of anilines is 1. The summed E-state index contributed by atoms with van der Waals surface area (Å²) in [6, 6.07) is 20.9. The molecule has 0 radical (unpaired) electrons. The van der Waals surface area contributed by atoms with Crippen molar-refractivity contribution in [2.75, 3.05) is 44.6 Å². The molecule has 1 unspecified atom stereocenters. The number of carbonyl (C=O) groups is 6. The van der Waals surface area contributed by atoms with Gasteiger partial charge < -0.3 is 36.2 Å². The standard InChI is InChI=1S/C48H55N9O7/c49-42(30-6-9-34(10-7-30)64-33-4-2-1-3-5-33)41(43(50)60)44-51-22-16-37(53-44)29-17-24-56(25-18-29)40(59)19-23-55-27-48(28-55)20-14-31(15-21-48)52-32-8-11-35-36(26-32)47(63)57(46(35)62)38-12-13-39(58)54-45(38)61/h1-11,26,29,31,37-38,49,51-53H,12-25,27-28H2,(H2,50,60)(H,54,58,61)/b44-41+,49-42?/t37-,38?/m0/s1. The molecular weight excluding hydrogens is 815 g/mol. The van der Waals surface area contributed by atoms with Gasteiger partial charge in [-0.05, 0) is 117 Å². The zero-order valence-corrected chi connectivity index (χ0v) is 35.8. The number of hydrogen-bond donors (Lipinski definition) is 6. The third-order valence-corrected chi connectivity index (χ3v) is 14.0. The van der Waals surface area contributed by atoms with E-state index in [1.165, 1.54) is 0 Å². The lowest BCUT2D eigenvalue weighted by Crippen LogP contribution is -2.58. The SMILES string of the molecule is N=C(/C(C(N)=O)=C1/NCC[C@@H](C2CCN(C(=O)CCN3CC4(CCC(Nc5ccc6c(c5)C(=O)N(C5CCC(=O)NC5=O)C6=O)CC4)C3)CC2)N1)c1ccc(Oc2ccccc2)cc1. The lowest BCUT2D eigenvalue weighted by molar-refractivity contribution is -0.136. The maximum absolute atomic E-state index is 13.4. The first kappa shape index (κ1) is 42.7. The summed E-state index contributed by atoms with van der Waals surface area (Å²) in [5.74, 6) is -0.425. The fourth-order valence-corrected chi connectivity index (χ4v) is 10.5. The van der Waals surface area contributed by atoms with Crippen LogP contribution < -0.4 is 31.7 Å². The fourth-order valence-electron chi connectivity index (χ4n) is 10.5. The Hall–Kier alpha value is -6.55. The molecule has 5 fully saturated rings. The number of amides is 6. The molecule has 0 bridgehead atoms. The molecule has 9 rings (SSSR count). The van der Waals surface area contributed by atoms with E-state index in [2.05, 4.69) is 26.2 Å². The van der Waals surface area contributed by atoms with Crippen LogP contribution in [-0.2, 0) is 19.2 Å². The van der Waals surface area contributed by atoms with Crippen LogP contribution in [0.15, 0.2) is 84.2 Å². The predicted molar refractivity (Wildman–Crippen MR) is 237 cm³/mol. The van der Waals surface area contributed by atoms with Gasteiger partial charge in [0.15, 0.2) is 0 Å². The maximum atomic E-state index is 13.4. The van der Waals surface area contributed by atoms with E-state index in [0.29, 0.717) is 54.9 Å². The van der Waals surface area contributed by atoms with Crippen LogP contribution in [0.1, 0.15) is 90.5 Å². The number of fused-ring (bicyclic) bond motifs is 1. The van der Waals surface area contributed by atoms with Crippen molar-refractivity contribution in [2.45, 2.75) is 82.3 Å². The number of benzene rings is 3. The number of primary amides is 1. The van der Waals surface area contributed by atoms with Crippen molar-refractivity contribution in [3.05, 3.63) is 101 Å². The lowest BCUT2D eigenvalue weighted by atomic mass is 9.67. The van der Waals surface area contributed by atoms with Gasteiger partial charge >= 0.3 is 0 Å². The number of rotatable bonds is 12. The second kappa shape index (κ2) is 17.9. The number of carbonyl (C=O) groups excluding carboxylic acids is 6. The summed E-state index contributed by atoms with van der Waals surface area (Å²) in [4.78, 5) is 82.0. The molecular formula is C48H55N9O7.